The van der Waals surface area contributed by atoms with Crippen molar-refractivity contribution in [3.63, 3.8) is 0 Å². The maximum atomic E-state index is 3.85. The Balaban J connectivity index is 1.79. The first-order chi connectivity index (χ1) is 13.7. The van der Waals surface area contributed by atoms with Gasteiger partial charge in [0.15, 0.2) is 0 Å². The van der Waals surface area contributed by atoms with E-state index in [2.05, 4.69) is 79.9 Å². The monoisotopic (exact) mass is 512 g/mol. The van der Waals surface area contributed by atoms with Crippen LogP contribution in [0.5, 0.6) is 0 Å². The zero-order valence-corrected chi connectivity index (χ0v) is 21.0. The average molecular weight is 514 g/mol. The van der Waals surface area contributed by atoms with E-state index in [0.29, 0.717) is 0 Å². The third-order valence-corrected chi connectivity index (χ3v) is 7.85. The molecule has 2 aliphatic rings. The molecule has 2 nitrogen and oxygen atoms in total. The minimum Gasteiger partial charge on any atom is -0.374 e. The Kier molecular flexibility index (Phi) is 11.6. The summed E-state index contributed by atoms with van der Waals surface area (Å²) in [6.45, 7) is 8.87. The molecule has 28 heavy (non-hydrogen) atoms. The summed E-state index contributed by atoms with van der Waals surface area (Å²) in [4.78, 5) is 4.88. The summed E-state index contributed by atoms with van der Waals surface area (Å²) in [7, 11) is 0. The third kappa shape index (κ3) is 7.74. The van der Waals surface area contributed by atoms with E-state index >= 15 is 0 Å². The molecule has 2 rings (SSSR count). The van der Waals surface area contributed by atoms with Gasteiger partial charge in [-0.2, -0.15) is 0 Å². The van der Waals surface area contributed by atoms with Crippen LogP contribution in [0.2, 0.25) is 0 Å². The minimum absolute atomic E-state index is 0.991. The molecule has 0 atom stereocenters. The Morgan fingerprint density at radius 1 is 0.786 bits per heavy atom. The van der Waals surface area contributed by atoms with Crippen LogP contribution in [0, 0.1) is 0 Å². The summed E-state index contributed by atoms with van der Waals surface area (Å²) in [6, 6.07) is 0. The summed E-state index contributed by atoms with van der Waals surface area (Å²) >= 11 is 7.68. The fourth-order valence-electron chi connectivity index (χ4n) is 3.78. The molecule has 0 aromatic carbocycles. The Bertz CT molecular complexity index is 589. The van der Waals surface area contributed by atoms with Crippen LogP contribution < -0.4 is 0 Å². The second kappa shape index (κ2) is 13.7. The van der Waals surface area contributed by atoms with Gasteiger partial charge in [-0.15, -0.1) is 0 Å². The van der Waals surface area contributed by atoms with Gasteiger partial charge in [0, 0.05) is 26.2 Å². The molecule has 0 aromatic heterocycles. The molecule has 0 bridgehead atoms. The molecule has 0 spiro atoms. The Labute approximate surface area is 190 Å². The fraction of sp³-hybridized carbons (Fsp3) is 0.667. The van der Waals surface area contributed by atoms with Crippen LogP contribution in [-0.2, 0) is 0 Å². The van der Waals surface area contributed by atoms with Crippen LogP contribution in [0.3, 0.4) is 0 Å². The van der Waals surface area contributed by atoms with Crippen molar-refractivity contribution in [1.82, 2.24) is 9.80 Å². The van der Waals surface area contributed by atoms with Gasteiger partial charge in [-0.3, -0.25) is 0 Å². The molecule has 0 amide bonds. The van der Waals surface area contributed by atoms with Gasteiger partial charge in [0.1, 0.15) is 0 Å². The van der Waals surface area contributed by atoms with Gasteiger partial charge in [-0.1, -0.05) is 77.4 Å². The van der Waals surface area contributed by atoms with Gasteiger partial charge in [0.2, 0.25) is 0 Å². The second-order valence-corrected chi connectivity index (χ2v) is 9.51. The topological polar surface area (TPSA) is 6.48 Å². The second-order valence-electron chi connectivity index (χ2n) is 7.97. The molecular formula is C24H38Br2N2. The average Bonchev–Trinajstić information content (AvgIpc) is 2.71. The molecule has 4 heteroatoms. The molecule has 0 aliphatic carbocycles. The number of unbranched alkanes of at least 4 members (excludes halogenated alkanes) is 8. The summed E-state index contributed by atoms with van der Waals surface area (Å²) in [5, 5.41) is 0. The van der Waals surface area contributed by atoms with Crippen molar-refractivity contribution in [2.75, 3.05) is 26.2 Å². The quantitative estimate of drug-likeness (QED) is 0.182. The zero-order chi connectivity index (χ0) is 20.2. The summed E-state index contributed by atoms with van der Waals surface area (Å²) < 4.78 is 2.39. The highest BCUT2D eigenvalue weighted by Crippen LogP contribution is 2.36. The molecule has 0 saturated carbocycles. The van der Waals surface area contributed by atoms with Gasteiger partial charge in [0.05, 0.1) is 9.09 Å². The van der Waals surface area contributed by atoms with E-state index in [1.165, 1.54) is 91.0 Å². The lowest BCUT2D eigenvalue weighted by Gasteiger charge is -2.30. The van der Waals surface area contributed by atoms with Crippen LogP contribution in [0.1, 0.15) is 78.1 Å². The van der Waals surface area contributed by atoms with Gasteiger partial charge in [0.25, 0.3) is 0 Å². The highest BCUT2D eigenvalue weighted by Gasteiger charge is 2.21. The standard InChI is InChI=1S/C24H38Br2N2/c1-3-5-7-9-11-16-27-18-13-21(14-19-27)22-15-20-28(24(26)23(22)25)17-12-10-8-6-4-2/h13-15,18H,3-12,16-17,19-20H2,1-2H3. The van der Waals surface area contributed by atoms with E-state index < -0.39 is 0 Å². The van der Waals surface area contributed by atoms with E-state index in [1.807, 2.05) is 0 Å². The lowest BCUT2D eigenvalue weighted by molar-refractivity contribution is 0.383. The molecule has 0 N–H and O–H groups in total. The molecule has 2 aliphatic heterocycles. The highest BCUT2D eigenvalue weighted by atomic mass is 79.9. The number of rotatable bonds is 13. The molecule has 0 fully saturated rings. The first-order valence-electron chi connectivity index (χ1n) is 11.3. The zero-order valence-electron chi connectivity index (χ0n) is 17.9. The minimum atomic E-state index is 0.991. The van der Waals surface area contributed by atoms with Crippen LogP contribution in [0.15, 0.2) is 44.7 Å². The summed E-state index contributed by atoms with van der Waals surface area (Å²) in [5.41, 5.74) is 2.67. The third-order valence-electron chi connectivity index (χ3n) is 5.61. The van der Waals surface area contributed by atoms with E-state index in [1.54, 1.807) is 0 Å². The Morgan fingerprint density at radius 3 is 2.04 bits per heavy atom. The Morgan fingerprint density at radius 2 is 1.43 bits per heavy atom. The van der Waals surface area contributed by atoms with Crippen molar-refractivity contribution in [3.05, 3.63) is 44.7 Å². The fourth-order valence-corrected chi connectivity index (χ4v) is 4.95. The van der Waals surface area contributed by atoms with Crippen LogP contribution in [0.4, 0.5) is 0 Å². The molecule has 0 radical (unpaired) electrons. The van der Waals surface area contributed by atoms with Crippen LogP contribution in [-0.4, -0.2) is 36.0 Å². The maximum absolute atomic E-state index is 3.85. The highest BCUT2D eigenvalue weighted by molar-refractivity contribution is 9.14. The van der Waals surface area contributed by atoms with E-state index in [-0.39, 0.29) is 0 Å². The first kappa shape index (κ1) is 23.8. The van der Waals surface area contributed by atoms with Crippen molar-refractivity contribution in [1.29, 1.82) is 0 Å². The summed E-state index contributed by atoms with van der Waals surface area (Å²) in [5.74, 6) is 0. The molecular weight excluding hydrogens is 476 g/mol. The van der Waals surface area contributed by atoms with Gasteiger partial charge >= 0.3 is 0 Å². The summed E-state index contributed by atoms with van der Waals surface area (Å²) in [6.07, 6.45) is 22.7. The van der Waals surface area contributed by atoms with Crippen molar-refractivity contribution in [2.24, 2.45) is 0 Å². The largest absolute Gasteiger partial charge is 0.374 e. The lowest BCUT2D eigenvalue weighted by atomic mass is 10.0. The predicted molar refractivity (Wildman–Crippen MR) is 131 cm³/mol. The number of hydrogen-bond donors (Lipinski definition) is 0. The lowest BCUT2D eigenvalue weighted by Crippen LogP contribution is -2.26. The van der Waals surface area contributed by atoms with Crippen LogP contribution in [0.25, 0.3) is 0 Å². The van der Waals surface area contributed by atoms with Crippen molar-refractivity contribution >= 4 is 31.9 Å². The maximum Gasteiger partial charge on any atom is 0.0959 e. The predicted octanol–water partition coefficient (Wildman–Crippen LogP) is 7.88. The van der Waals surface area contributed by atoms with Crippen molar-refractivity contribution in [3.8, 4) is 0 Å². The number of halogens is 2. The molecule has 2 heterocycles. The van der Waals surface area contributed by atoms with Crippen LogP contribution >= 0.6 is 31.9 Å². The molecule has 0 aromatic rings. The SMILES string of the molecule is CCCCCCCN1C=CC(C2=CCN(CCCCCCC)C(Br)=C2Br)=CC1. The van der Waals surface area contributed by atoms with Crippen molar-refractivity contribution in [2.45, 2.75) is 78.1 Å². The van der Waals surface area contributed by atoms with Gasteiger partial charge in [-0.25, -0.2) is 0 Å². The normalized spacial score (nSPS) is 17.3. The molecule has 0 saturated heterocycles. The van der Waals surface area contributed by atoms with Gasteiger partial charge < -0.3 is 9.80 Å². The number of nitrogens with zero attached hydrogens (tertiary/aromatic N) is 2. The molecule has 158 valence electrons. The van der Waals surface area contributed by atoms with Crippen molar-refractivity contribution < 1.29 is 0 Å². The van der Waals surface area contributed by atoms with E-state index in [4.69, 9.17) is 0 Å². The number of hydrogen-bond acceptors (Lipinski definition) is 2. The first-order valence-corrected chi connectivity index (χ1v) is 12.9. The van der Waals surface area contributed by atoms with Gasteiger partial charge in [-0.05, 0) is 68.1 Å². The molecule has 0 unspecified atom stereocenters. The Hall–Kier alpha value is -0.480. The number of allylic oxidation sites excluding steroid dienone is 4. The van der Waals surface area contributed by atoms with E-state index in [9.17, 15) is 0 Å². The van der Waals surface area contributed by atoms with E-state index in [0.717, 1.165) is 19.6 Å². The smallest absolute Gasteiger partial charge is 0.0959 e.